The summed E-state index contributed by atoms with van der Waals surface area (Å²) in [5, 5.41) is 0. The third-order valence-electron chi connectivity index (χ3n) is 4.40. The van der Waals surface area contributed by atoms with Gasteiger partial charge in [0.15, 0.2) is 0 Å². The molecule has 1 aliphatic carbocycles. The Labute approximate surface area is 127 Å². The molecule has 1 heterocycles. The average Bonchev–Trinajstić information content (AvgIpc) is 2.93. The summed E-state index contributed by atoms with van der Waals surface area (Å²) in [4.78, 5) is 2.87. The summed E-state index contributed by atoms with van der Waals surface area (Å²) in [6.45, 7) is 5.07. The van der Waals surface area contributed by atoms with Gasteiger partial charge in [-0.3, -0.25) is 0 Å². The quantitative estimate of drug-likeness (QED) is 0.819. The second-order valence-corrected chi connectivity index (χ2v) is 7.16. The zero-order valence-electron chi connectivity index (χ0n) is 12.9. The first-order chi connectivity index (χ1) is 9.74. The van der Waals surface area contributed by atoms with Crippen LogP contribution in [0.1, 0.15) is 55.7 Å². The summed E-state index contributed by atoms with van der Waals surface area (Å²) >= 11 is 1.91. The molecule has 0 bridgehead atoms. The van der Waals surface area contributed by atoms with E-state index in [0.717, 1.165) is 19.4 Å². The van der Waals surface area contributed by atoms with E-state index >= 15 is 0 Å². The van der Waals surface area contributed by atoms with Crippen molar-refractivity contribution in [3.63, 3.8) is 0 Å². The molecule has 1 aromatic rings. The van der Waals surface area contributed by atoms with Gasteiger partial charge in [-0.05, 0) is 50.7 Å². The summed E-state index contributed by atoms with van der Waals surface area (Å²) in [5.41, 5.74) is 6.50. The molecule has 114 valence electrons. The van der Waals surface area contributed by atoms with E-state index in [1.165, 1.54) is 41.9 Å². The molecule has 20 heavy (non-hydrogen) atoms. The van der Waals surface area contributed by atoms with Crippen molar-refractivity contribution in [2.24, 2.45) is 11.7 Å². The monoisotopic (exact) mass is 295 g/mol. The zero-order chi connectivity index (χ0) is 14.4. The summed E-state index contributed by atoms with van der Waals surface area (Å²) in [7, 11) is 0. The molecule has 0 amide bonds. The molecule has 1 aliphatic rings. The van der Waals surface area contributed by atoms with E-state index in [2.05, 4.69) is 26.0 Å². The molecule has 1 aromatic heterocycles. The Hall–Kier alpha value is -0.380. The minimum absolute atomic E-state index is 0.140. The number of hydrogen-bond acceptors (Lipinski definition) is 3. The maximum absolute atomic E-state index is 6.50. The summed E-state index contributed by atoms with van der Waals surface area (Å²) in [6.07, 6.45) is 9.00. The maximum atomic E-state index is 6.50. The second-order valence-electron chi connectivity index (χ2n) is 5.91. The molecule has 0 radical (unpaired) electrons. The predicted octanol–water partition coefficient (Wildman–Crippen LogP) is 4.17. The van der Waals surface area contributed by atoms with Crippen LogP contribution in [0.15, 0.2) is 12.1 Å². The molecule has 0 aromatic carbocycles. The predicted molar refractivity (Wildman–Crippen MR) is 87.4 cm³/mol. The van der Waals surface area contributed by atoms with Gasteiger partial charge in [0.1, 0.15) is 0 Å². The normalized spacial score (nSPS) is 19.9. The summed E-state index contributed by atoms with van der Waals surface area (Å²) < 4.78 is 6.03. The molecular formula is C17H29NOS. The van der Waals surface area contributed by atoms with Crippen LogP contribution in [0.2, 0.25) is 0 Å². The molecule has 2 N–H and O–H groups in total. The van der Waals surface area contributed by atoms with E-state index in [9.17, 15) is 0 Å². The van der Waals surface area contributed by atoms with Crippen molar-refractivity contribution in [2.75, 3.05) is 6.61 Å². The first kappa shape index (κ1) is 16.0. The molecule has 2 atom stereocenters. The second kappa shape index (κ2) is 8.16. The highest BCUT2D eigenvalue weighted by Crippen LogP contribution is 2.30. The molecule has 2 rings (SSSR count). The highest BCUT2D eigenvalue weighted by atomic mass is 32.1. The van der Waals surface area contributed by atoms with Gasteiger partial charge in [0.05, 0.1) is 6.10 Å². The van der Waals surface area contributed by atoms with E-state index in [4.69, 9.17) is 10.5 Å². The number of thiophene rings is 1. The summed E-state index contributed by atoms with van der Waals surface area (Å²) in [6, 6.07) is 4.62. The van der Waals surface area contributed by atoms with Gasteiger partial charge in [0.2, 0.25) is 0 Å². The molecule has 1 saturated carbocycles. The van der Waals surface area contributed by atoms with Crippen molar-refractivity contribution >= 4 is 11.3 Å². The number of aryl methyl sites for hydroxylation is 1. The van der Waals surface area contributed by atoms with Gasteiger partial charge in [-0.1, -0.05) is 26.2 Å². The SMILES string of the molecule is CCOC(C(N)Cc1ccc(CC)s1)C1CCCCC1. The number of nitrogens with two attached hydrogens (primary N) is 1. The third-order valence-corrected chi connectivity index (χ3v) is 5.65. The van der Waals surface area contributed by atoms with Crippen molar-refractivity contribution in [2.45, 2.75) is 70.9 Å². The minimum atomic E-state index is 0.140. The lowest BCUT2D eigenvalue weighted by Crippen LogP contribution is -2.44. The van der Waals surface area contributed by atoms with Crippen LogP contribution in [-0.4, -0.2) is 18.8 Å². The zero-order valence-corrected chi connectivity index (χ0v) is 13.8. The van der Waals surface area contributed by atoms with Crippen LogP contribution in [0.4, 0.5) is 0 Å². The van der Waals surface area contributed by atoms with Crippen LogP contribution < -0.4 is 5.73 Å². The Bertz CT molecular complexity index is 384. The topological polar surface area (TPSA) is 35.2 Å². The lowest BCUT2D eigenvalue weighted by Gasteiger charge is -2.33. The smallest absolute Gasteiger partial charge is 0.0757 e. The van der Waals surface area contributed by atoms with Crippen molar-refractivity contribution in [3.8, 4) is 0 Å². The molecule has 0 aliphatic heterocycles. The Kier molecular flexibility index (Phi) is 6.53. The fraction of sp³-hybridized carbons (Fsp3) is 0.765. The van der Waals surface area contributed by atoms with E-state index in [-0.39, 0.29) is 12.1 Å². The van der Waals surface area contributed by atoms with Gasteiger partial charge >= 0.3 is 0 Å². The third kappa shape index (κ3) is 4.31. The van der Waals surface area contributed by atoms with Crippen molar-refractivity contribution in [1.82, 2.24) is 0 Å². The van der Waals surface area contributed by atoms with Gasteiger partial charge in [-0.2, -0.15) is 0 Å². The number of rotatable bonds is 7. The Balaban J connectivity index is 1.96. The van der Waals surface area contributed by atoms with Gasteiger partial charge < -0.3 is 10.5 Å². The Morgan fingerprint density at radius 2 is 1.90 bits per heavy atom. The van der Waals surface area contributed by atoms with Crippen LogP contribution in [0.5, 0.6) is 0 Å². The van der Waals surface area contributed by atoms with Gasteiger partial charge in [0.25, 0.3) is 0 Å². The lowest BCUT2D eigenvalue weighted by molar-refractivity contribution is -0.00898. The van der Waals surface area contributed by atoms with Crippen molar-refractivity contribution in [1.29, 1.82) is 0 Å². The van der Waals surface area contributed by atoms with E-state index in [0.29, 0.717) is 5.92 Å². The van der Waals surface area contributed by atoms with Gasteiger partial charge in [0, 0.05) is 22.4 Å². The first-order valence-corrected chi connectivity index (χ1v) is 9.01. The van der Waals surface area contributed by atoms with Gasteiger partial charge in [-0.25, -0.2) is 0 Å². The number of ether oxygens (including phenoxy) is 1. The van der Waals surface area contributed by atoms with E-state index in [1.54, 1.807) is 0 Å². The maximum Gasteiger partial charge on any atom is 0.0757 e. The molecular weight excluding hydrogens is 266 g/mol. The van der Waals surface area contributed by atoms with Crippen LogP contribution in [-0.2, 0) is 17.6 Å². The van der Waals surface area contributed by atoms with Crippen LogP contribution in [0.3, 0.4) is 0 Å². The summed E-state index contributed by atoms with van der Waals surface area (Å²) in [5.74, 6) is 0.671. The molecule has 3 heteroatoms. The minimum Gasteiger partial charge on any atom is -0.377 e. The molecule has 0 spiro atoms. The lowest BCUT2D eigenvalue weighted by atomic mass is 9.82. The highest BCUT2D eigenvalue weighted by Gasteiger charge is 2.29. The molecule has 2 nitrogen and oxygen atoms in total. The fourth-order valence-corrected chi connectivity index (χ4v) is 4.36. The Morgan fingerprint density at radius 1 is 1.20 bits per heavy atom. The Morgan fingerprint density at radius 3 is 2.50 bits per heavy atom. The molecule has 1 fully saturated rings. The van der Waals surface area contributed by atoms with Gasteiger partial charge in [-0.15, -0.1) is 11.3 Å². The van der Waals surface area contributed by atoms with E-state index < -0.39 is 0 Å². The molecule has 0 saturated heterocycles. The average molecular weight is 295 g/mol. The van der Waals surface area contributed by atoms with Crippen molar-refractivity contribution in [3.05, 3.63) is 21.9 Å². The largest absolute Gasteiger partial charge is 0.377 e. The van der Waals surface area contributed by atoms with Crippen molar-refractivity contribution < 1.29 is 4.74 Å². The standard InChI is InChI=1S/C17H29NOS/c1-3-14-10-11-15(20-14)12-16(18)17(19-4-2)13-8-6-5-7-9-13/h10-11,13,16-17H,3-9,12,18H2,1-2H3. The highest BCUT2D eigenvalue weighted by molar-refractivity contribution is 7.11. The van der Waals surface area contributed by atoms with Crippen LogP contribution in [0.25, 0.3) is 0 Å². The van der Waals surface area contributed by atoms with E-state index in [1.807, 2.05) is 11.3 Å². The number of hydrogen-bond donors (Lipinski definition) is 1. The first-order valence-electron chi connectivity index (χ1n) is 8.19. The fourth-order valence-electron chi connectivity index (χ4n) is 3.33. The molecule has 2 unspecified atom stereocenters. The van der Waals surface area contributed by atoms with Crippen LogP contribution >= 0.6 is 11.3 Å². The van der Waals surface area contributed by atoms with Crippen LogP contribution in [0, 0.1) is 5.92 Å².